The summed E-state index contributed by atoms with van der Waals surface area (Å²) in [5.74, 6) is -0.191. The Morgan fingerprint density at radius 2 is 2.20 bits per heavy atom. The second-order valence-electron chi connectivity index (χ2n) is 4.57. The largest absolute Gasteiger partial charge is 0.377 e. The first-order valence-electron chi connectivity index (χ1n) is 6.13. The Kier molecular flexibility index (Phi) is 4.69. The summed E-state index contributed by atoms with van der Waals surface area (Å²) < 4.78 is 24.1. The minimum Gasteiger partial charge on any atom is -0.377 e. The average molecular weight is 300 g/mol. The predicted octanol–water partition coefficient (Wildman–Crippen LogP) is 2.95. The summed E-state index contributed by atoms with van der Waals surface area (Å²) in [5.41, 5.74) is 6.06. The Hall–Kier alpha value is -1.50. The number of hydrogen-bond donors (Lipinski definition) is 1. The van der Waals surface area contributed by atoms with Crippen LogP contribution in [0.3, 0.4) is 0 Å². The number of nitrogens with zero attached hydrogens (tertiary/aromatic N) is 2. The lowest BCUT2D eigenvalue weighted by atomic mass is 10.2. The van der Waals surface area contributed by atoms with Gasteiger partial charge in [-0.05, 0) is 32.0 Å². The quantitative estimate of drug-likeness (QED) is 0.918. The van der Waals surface area contributed by atoms with E-state index in [1.807, 2.05) is 13.8 Å². The van der Waals surface area contributed by atoms with Crippen molar-refractivity contribution in [2.24, 2.45) is 5.73 Å². The van der Waals surface area contributed by atoms with Crippen LogP contribution in [0.5, 0.6) is 0 Å². The molecule has 1 atom stereocenters. The van der Waals surface area contributed by atoms with E-state index in [0.717, 1.165) is 0 Å². The highest BCUT2D eigenvalue weighted by atomic mass is 35.5. The van der Waals surface area contributed by atoms with E-state index in [1.165, 1.54) is 12.1 Å². The summed E-state index contributed by atoms with van der Waals surface area (Å²) in [6.45, 7) is 4.06. The van der Waals surface area contributed by atoms with Gasteiger partial charge >= 0.3 is 0 Å². The van der Waals surface area contributed by atoms with E-state index in [9.17, 15) is 4.39 Å². The molecule has 0 saturated heterocycles. The molecule has 20 heavy (non-hydrogen) atoms. The Morgan fingerprint density at radius 3 is 2.85 bits per heavy atom. The lowest BCUT2D eigenvalue weighted by Gasteiger charge is -2.10. The van der Waals surface area contributed by atoms with Crippen LogP contribution < -0.4 is 5.73 Å². The van der Waals surface area contributed by atoms with Crippen LogP contribution in [-0.4, -0.2) is 22.9 Å². The Labute approximate surface area is 120 Å². The normalized spacial score (nSPS) is 12.9. The van der Waals surface area contributed by atoms with Gasteiger partial charge in [-0.25, -0.2) is 4.39 Å². The maximum absolute atomic E-state index is 13.7. The molecule has 1 heterocycles. The molecule has 0 aliphatic rings. The molecule has 0 fully saturated rings. The maximum atomic E-state index is 13.7. The second-order valence-corrected chi connectivity index (χ2v) is 5.01. The van der Waals surface area contributed by atoms with E-state index in [2.05, 4.69) is 10.1 Å². The fraction of sp³-hybridized carbons (Fsp3) is 0.385. The molecule has 108 valence electrons. The first-order valence-corrected chi connectivity index (χ1v) is 6.51. The van der Waals surface area contributed by atoms with Gasteiger partial charge in [0.25, 0.3) is 5.89 Å². The summed E-state index contributed by atoms with van der Waals surface area (Å²) in [4.78, 5) is 4.08. The van der Waals surface area contributed by atoms with Gasteiger partial charge in [-0.15, -0.1) is 0 Å². The van der Waals surface area contributed by atoms with Crippen molar-refractivity contribution >= 4 is 11.6 Å². The molecule has 0 bridgehead atoms. The fourth-order valence-electron chi connectivity index (χ4n) is 1.53. The predicted molar refractivity (Wildman–Crippen MR) is 72.7 cm³/mol. The SMILES string of the molecule is CC(C)OCC(N)c1noc(-c2ccc(Cl)cc2F)n1. The monoisotopic (exact) mass is 299 g/mol. The summed E-state index contributed by atoms with van der Waals surface area (Å²) in [6, 6.07) is 3.68. The third kappa shape index (κ3) is 3.53. The van der Waals surface area contributed by atoms with Crippen LogP contribution >= 0.6 is 11.6 Å². The molecule has 2 aromatic rings. The molecule has 0 radical (unpaired) electrons. The summed E-state index contributed by atoms with van der Waals surface area (Å²) in [6.07, 6.45) is 0.0566. The Bertz CT molecular complexity index is 589. The molecular weight excluding hydrogens is 285 g/mol. The van der Waals surface area contributed by atoms with E-state index < -0.39 is 11.9 Å². The van der Waals surface area contributed by atoms with Gasteiger partial charge in [0.2, 0.25) is 0 Å². The van der Waals surface area contributed by atoms with Crippen molar-refractivity contribution in [2.45, 2.75) is 26.0 Å². The second kappa shape index (κ2) is 6.30. The highest BCUT2D eigenvalue weighted by Crippen LogP contribution is 2.24. The topological polar surface area (TPSA) is 74.2 Å². The molecule has 1 unspecified atom stereocenters. The molecule has 0 aliphatic carbocycles. The summed E-state index contributed by atoms with van der Waals surface area (Å²) in [7, 11) is 0. The van der Waals surface area contributed by atoms with E-state index >= 15 is 0 Å². The number of rotatable bonds is 5. The molecule has 0 amide bonds. The molecule has 5 nitrogen and oxygen atoms in total. The number of benzene rings is 1. The molecule has 7 heteroatoms. The van der Waals surface area contributed by atoms with Gasteiger partial charge in [0, 0.05) is 5.02 Å². The minimum absolute atomic E-state index is 0.0566. The lowest BCUT2D eigenvalue weighted by Crippen LogP contribution is -2.20. The van der Waals surface area contributed by atoms with Crippen LogP contribution in [0.2, 0.25) is 5.02 Å². The van der Waals surface area contributed by atoms with Crippen LogP contribution in [0.4, 0.5) is 4.39 Å². The minimum atomic E-state index is -0.528. The van der Waals surface area contributed by atoms with E-state index in [-0.39, 0.29) is 30.0 Å². The molecule has 1 aromatic carbocycles. The van der Waals surface area contributed by atoms with Gasteiger partial charge in [-0.2, -0.15) is 4.98 Å². The van der Waals surface area contributed by atoms with Gasteiger partial charge in [-0.1, -0.05) is 16.8 Å². The van der Waals surface area contributed by atoms with Crippen LogP contribution in [0.25, 0.3) is 11.5 Å². The van der Waals surface area contributed by atoms with Crippen LogP contribution in [0.15, 0.2) is 22.7 Å². The van der Waals surface area contributed by atoms with Gasteiger partial charge in [0.15, 0.2) is 5.82 Å². The van der Waals surface area contributed by atoms with Crippen molar-refractivity contribution in [3.63, 3.8) is 0 Å². The zero-order valence-corrected chi connectivity index (χ0v) is 11.9. The number of aromatic nitrogens is 2. The van der Waals surface area contributed by atoms with Gasteiger partial charge in [0.05, 0.1) is 24.3 Å². The molecule has 0 aliphatic heterocycles. The van der Waals surface area contributed by atoms with Gasteiger partial charge in [0.1, 0.15) is 5.82 Å². The van der Waals surface area contributed by atoms with Crippen molar-refractivity contribution in [1.82, 2.24) is 10.1 Å². The molecule has 0 spiro atoms. The van der Waals surface area contributed by atoms with Crippen molar-refractivity contribution in [2.75, 3.05) is 6.61 Å². The molecule has 2 rings (SSSR count). The van der Waals surface area contributed by atoms with Crippen molar-refractivity contribution in [3.05, 3.63) is 34.9 Å². The third-order valence-corrected chi connectivity index (χ3v) is 2.78. The zero-order valence-electron chi connectivity index (χ0n) is 11.1. The molecule has 1 aromatic heterocycles. The lowest BCUT2D eigenvalue weighted by molar-refractivity contribution is 0.0665. The molecule has 0 saturated carbocycles. The first kappa shape index (κ1) is 14.9. The number of ether oxygens (including phenoxy) is 1. The van der Waals surface area contributed by atoms with Crippen molar-refractivity contribution in [3.8, 4) is 11.5 Å². The standard InChI is InChI=1S/C13H15ClFN3O2/c1-7(2)19-6-11(16)12-17-13(20-18-12)9-4-3-8(14)5-10(9)15/h3-5,7,11H,6,16H2,1-2H3. The number of hydrogen-bond acceptors (Lipinski definition) is 5. The Balaban J connectivity index is 2.16. The van der Waals surface area contributed by atoms with Gasteiger partial charge < -0.3 is 15.0 Å². The molecular formula is C13H15ClFN3O2. The van der Waals surface area contributed by atoms with Gasteiger partial charge in [-0.3, -0.25) is 0 Å². The van der Waals surface area contributed by atoms with E-state index in [1.54, 1.807) is 6.07 Å². The summed E-state index contributed by atoms with van der Waals surface area (Å²) in [5, 5.41) is 4.04. The summed E-state index contributed by atoms with van der Waals surface area (Å²) >= 11 is 5.69. The zero-order chi connectivity index (χ0) is 14.7. The van der Waals surface area contributed by atoms with E-state index in [4.69, 9.17) is 26.6 Å². The van der Waals surface area contributed by atoms with Crippen LogP contribution in [0.1, 0.15) is 25.7 Å². The number of nitrogens with two attached hydrogens (primary N) is 1. The van der Waals surface area contributed by atoms with Crippen molar-refractivity contribution < 1.29 is 13.7 Å². The Morgan fingerprint density at radius 1 is 1.45 bits per heavy atom. The third-order valence-electron chi connectivity index (χ3n) is 2.54. The highest BCUT2D eigenvalue weighted by Gasteiger charge is 2.18. The van der Waals surface area contributed by atoms with E-state index in [0.29, 0.717) is 5.02 Å². The van der Waals surface area contributed by atoms with Crippen molar-refractivity contribution in [1.29, 1.82) is 0 Å². The molecule has 2 N–H and O–H groups in total. The smallest absolute Gasteiger partial charge is 0.260 e. The fourth-order valence-corrected chi connectivity index (χ4v) is 1.69. The average Bonchev–Trinajstić information content (AvgIpc) is 2.85. The van der Waals surface area contributed by atoms with Crippen LogP contribution in [0, 0.1) is 5.82 Å². The maximum Gasteiger partial charge on any atom is 0.260 e. The highest BCUT2D eigenvalue weighted by molar-refractivity contribution is 6.30. The first-order chi connectivity index (χ1) is 9.47. The number of halogens is 2. The van der Waals surface area contributed by atoms with Crippen LogP contribution in [-0.2, 0) is 4.74 Å².